The Bertz CT molecular complexity index is 609. The number of benzene rings is 2. The van der Waals surface area contributed by atoms with Crippen LogP contribution >= 0.6 is 24.0 Å². The van der Waals surface area contributed by atoms with E-state index in [1.807, 2.05) is 36.2 Å². The van der Waals surface area contributed by atoms with E-state index in [9.17, 15) is 0 Å². The second kappa shape index (κ2) is 7.91. The van der Waals surface area contributed by atoms with Crippen LogP contribution in [0.4, 0.5) is 11.4 Å². The van der Waals surface area contributed by atoms with Crippen LogP contribution in [0.15, 0.2) is 53.5 Å². The van der Waals surface area contributed by atoms with E-state index in [2.05, 4.69) is 24.0 Å². The standard InChI is InChI=1S/C16H18ClN3.ClH/c1-3-12-5-4-6-15(11-12)20(2)16(18)19-14-9-7-13(17)8-10-14;/h4-11H,3H2,1-2H3,(H2,18,19);1H. The summed E-state index contributed by atoms with van der Waals surface area (Å²) in [6.45, 7) is 2.13. The zero-order chi connectivity index (χ0) is 14.5. The van der Waals surface area contributed by atoms with E-state index in [4.69, 9.17) is 17.3 Å². The Labute approximate surface area is 136 Å². The van der Waals surface area contributed by atoms with Gasteiger partial charge < -0.3 is 10.6 Å². The molecule has 0 amide bonds. The van der Waals surface area contributed by atoms with Crippen molar-refractivity contribution in [3.8, 4) is 0 Å². The summed E-state index contributed by atoms with van der Waals surface area (Å²) in [5.74, 6) is 0.445. The summed E-state index contributed by atoms with van der Waals surface area (Å²) in [5, 5.41) is 0.687. The maximum absolute atomic E-state index is 6.05. The summed E-state index contributed by atoms with van der Waals surface area (Å²) in [5.41, 5.74) is 9.14. The van der Waals surface area contributed by atoms with E-state index in [1.54, 1.807) is 12.1 Å². The molecule has 2 rings (SSSR count). The minimum atomic E-state index is 0. The Hall–Kier alpha value is -1.71. The highest BCUT2D eigenvalue weighted by Crippen LogP contribution is 2.19. The van der Waals surface area contributed by atoms with Gasteiger partial charge in [0.15, 0.2) is 0 Å². The van der Waals surface area contributed by atoms with Crippen molar-refractivity contribution in [2.45, 2.75) is 13.3 Å². The molecule has 0 aromatic heterocycles. The first-order chi connectivity index (χ1) is 9.60. The molecular formula is C16H19Cl2N3. The average molecular weight is 324 g/mol. The van der Waals surface area contributed by atoms with Gasteiger partial charge in [0.2, 0.25) is 5.96 Å². The van der Waals surface area contributed by atoms with Crippen molar-refractivity contribution in [2.75, 3.05) is 11.9 Å². The number of guanidine groups is 1. The summed E-state index contributed by atoms with van der Waals surface area (Å²) in [6.07, 6.45) is 0.996. The van der Waals surface area contributed by atoms with Gasteiger partial charge in [0.05, 0.1) is 5.69 Å². The number of halogens is 2. The van der Waals surface area contributed by atoms with Gasteiger partial charge in [-0.15, -0.1) is 12.4 Å². The van der Waals surface area contributed by atoms with Gasteiger partial charge in [0, 0.05) is 17.8 Å². The van der Waals surface area contributed by atoms with Gasteiger partial charge in [-0.1, -0.05) is 30.7 Å². The van der Waals surface area contributed by atoms with Crippen LogP contribution in [0.2, 0.25) is 5.02 Å². The lowest BCUT2D eigenvalue weighted by molar-refractivity contribution is 1.13. The van der Waals surface area contributed by atoms with Crippen LogP contribution in [0.1, 0.15) is 12.5 Å². The highest BCUT2D eigenvalue weighted by molar-refractivity contribution is 6.30. The molecule has 0 aliphatic carbocycles. The maximum Gasteiger partial charge on any atom is 0.200 e. The van der Waals surface area contributed by atoms with Crippen molar-refractivity contribution in [1.82, 2.24) is 0 Å². The third-order valence-corrected chi connectivity index (χ3v) is 3.37. The number of hydrogen-bond acceptors (Lipinski definition) is 1. The van der Waals surface area contributed by atoms with Crippen molar-refractivity contribution in [3.63, 3.8) is 0 Å². The van der Waals surface area contributed by atoms with E-state index < -0.39 is 0 Å². The molecule has 2 N–H and O–H groups in total. The van der Waals surface area contributed by atoms with E-state index >= 15 is 0 Å². The molecule has 2 aromatic rings. The lowest BCUT2D eigenvalue weighted by Crippen LogP contribution is -2.33. The largest absolute Gasteiger partial charge is 0.369 e. The Morgan fingerprint density at radius 3 is 2.48 bits per heavy atom. The SMILES string of the molecule is CCc1cccc(N(C)C(N)=Nc2ccc(Cl)cc2)c1.Cl. The highest BCUT2D eigenvalue weighted by Gasteiger charge is 2.05. The molecule has 0 aliphatic heterocycles. The summed E-state index contributed by atoms with van der Waals surface area (Å²) >= 11 is 5.85. The average Bonchev–Trinajstić information content (AvgIpc) is 2.48. The molecule has 0 aliphatic rings. The van der Waals surface area contributed by atoms with Crippen molar-refractivity contribution in [2.24, 2.45) is 10.7 Å². The van der Waals surface area contributed by atoms with Crippen LogP contribution in [0.25, 0.3) is 0 Å². The summed E-state index contributed by atoms with van der Waals surface area (Å²) in [6, 6.07) is 15.5. The van der Waals surface area contributed by atoms with Crippen LogP contribution < -0.4 is 10.6 Å². The third-order valence-electron chi connectivity index (χ3n) is 3.12. The summed E-state index contributed by atoms with van der Waals surface area (Å²) < 4.78 is 0. The first kappa shape index (κ1) is 17.3. The van der Waals surface area contributed by atoms with Gasteiger partial charge in [-0.3, -0.25) is 0 Å². The molecule has 0 atom stereocenters. The fourth-order valence-corrected chi connectivity index (χ4v) is 1.97. The second-order valence-corrected chi connectivity index (χ2v) is 4.97. The minimum absolute atomic E-state index is 0. The number of hydrogen-bond donors (Lipinski definition) is 1. The van der Waals surface area contributed by atoms with Crippen molar-refractivity contribution in [3.05, 3.63) is 59.1 Å². The van der Waals surface area contributed by atoms with Crippen LogP contribution in [0, 0.1) is 0 Å². The fourth-order valence-electron chi connectivity index (χ4n) is 1.84. The molecule has 0 spiro atoms. The summed E-state index contributed by atoms with van der Waals surface area (Å²) in [4.78, 5) is 6.26. The van der Waals surface area contributed by atoms with Gasteiger partial charge in [-0.05, 0) is 48.4 Å². The number of rotatable bonds is 3. The van der Waals surface area contributed by atoms with E-state index in [0.717, 1.165) is 17.8 Å². The Morgan fingerprint density at radius 1 is 1.19 bits per heavy atom. The fraction of sp³-hybridized carbons (Fsp3) is 0.188. The van der Waals surface area contributed by atoms with Crippen molar-refractivity contribution >= 4 is 41.3 Å². The molecule has 0 bridgehead atoms. The molecule has 0 saturated carbocycles. The summed E-state index contributed by atoms with van der Waals surface area (Å²) in [7, 11) is 1.91. The van der Waals surface area contributed by atoms with Gasteiger partial charge in [0.1, 0.15) is 0 Å². The quantitative estimate of drug-likeness (QED) is 0.671. The van der Waals surface area contributed by atoms with Crippen LogP contribution in [-0.4, -0.2) is 13.0 Å². The maximum atomic E-state index is 6.05. The third kappa shape index (κ3) is 4.66. The molecule has 0 fully saturated rings. The Balaban J connectivity index is 0.00000220. The number of nitrogens with zero attached hydrogens (tertiary/aromatic N) is 2. The molecule has 2 aromatic carbocycles. The molecule has 112 valence electrons. The normalized spacial score (nSPS) is 10.9. The molecule has 3 nitrogen and oxygen atoms in total. The van der Waals surface area contributed by atoms with Gasteiger partial charge in [-0.2, -0.15) is 0 Å². The molecule has 0 radical (unpaired) electrons. The monoisotopic (exact) mass is 323 g/mol. The molecule has 0 saturated heterocycles. The number of aliphatic imine (C=N–C) groups is 1. The number of aryl methyl sites for hydroxylation is 1. The topological polar surface area (TPSA) is 41.6 Å². The van der Waals surface area contributed by atoms with E-state index in [1.165, 1.54) is 5.56 Å². The van der Waals surface area contributed by atoms with Gasteiger partial charge in [-0.25, -0.2) is 4.99 Å². The van der Waals surface area contributed by atoms with Gasteiger partial charge in [0.25, 0.3) is 0 Å². The van der Waals surface area contributed by atoms with Crippen LogP contribution in [0.5, 0.6) is 0 Å². The predicted molar refractivity (Wildman–Crippen MR) is 94.2 cm³/mol. The number of anilines is 1. The molecule has 21 heavy (non-hydrogen) atoms. The van der Waals surface area contributed by atoms with Crippen LogP contribution in [0.3, 0.4) is 0 Å². The lowest BCUT2D eigenvalue weighted by atomic mass is 10.1. The zero-order valence-corrected chi connectivity index (χ0v) is 13.7. The highest BCUT2D eigenvalue weighted by atomic mass is 35.5. The molecule has 0 heterocycles. The number of nitrogens with two attached hydrogens (primary N) is 1. The van der Waals surface area contributed by atoms with E-state index in [0.29, 0.717) is 11.0 Å². The zero-order valence-electron chi connectivity index (χ0n) is 12.1. The predicted octanol–water partition coefficient (Wildman–Crippen LogP) is 4.41. The molecule has 5 heteroatoms. The van der Waals surface area contributed by atoms with Crippen molar-refractivity contribution < 1.29 is 0 Å². The van der Waals surface area contributed by atoms with Crippen LogP contribution in [-0.2, 0) is 6.42 Å². The Morgan fingerprint density at radius 2 is 1.86 bits per heavy atom. The van der Waals surface area contributed by atoms with E-state index in [-0.39, 0.29) is 12.4 Å². The Kier molecular flexibility index (Phi) is 6.53. The second-order valence-electron chi connectivity index (χ2n) is 4.53. The lowest BCUT2D eigenvalue weighted by Gasteiger charge is -2.18. The minimum Gasteiger partial charge on any atom is -0.369 e. The smallest absolute Gasteiger partial charge is 0.200 e. The first-order valence-corrected chi connectivity index (χ1v) is 6.90. The first-order valence-electron chi connectivity index (χ1n) is 6.52. The van der Waals surface area contributed by atoms with Gasteiger partial charge >= 0.3 is 0 Å². The van der Waals surface area contributed by atoms with Crippen molar-refractivity contribution in [1.29, 1.82) is 0 Å². The molecular weight excluding hydrogens is 305 g/mol. The molecule has 0 unspecified atom stereocenters.